The summed E-state index contributed by atoms with van der Waals surface area (Å²) in [4.78, 5) is 45.8. The number of carbonyl (C=O) groups excluding carboxylic acids is 2. The number of likely N-dealkylation sites (N-methyl/N-ethyl adjacent to an activating group) is 1. The van der Waals surface area contributed by atoms with Crippen molar-refractivity contribution in [2.24, 2.45) is 4.99 Å². The molecular weight excluding hydrogens is 456 g/mol. The highest BCUT2D eigenvalue weighted by Gasteiger charge is 2.36. The Morgan fingerprint density at radius 1 is 1.06 bits per heavy atom. The van der Waals surface area contributed by atoms with Crippen molar-refractivity contribution in [2.45, 2.75) is 12.3 Å². The fourth-order valence-corrected chi connectivity index (χ4v) is 4.78. The fraction of sp³-hybridized carbons (Fsp3) is 0.214. The Kier molecular flexibility index (Phi) is 6.12. The molecule has 0 saturated heterocycles. The van der Waals surface area contributed by atoms with Gasteiger partial charge in [-0.15, -0.1) is 0 Å². The van der Waals surface area contributed by atoms with Crippen LogP contribution in [0.15, 0.2) is 71.7 Å². The van der Waals surface area contributed by atoms with Gasteiger partial charge in [-0.3, -0.25) is 14.6 Å². The lowest BCUT2D eigenvalue weighted by atomic mass is 9.90. The molecule has 0 spiro atoms. The van der Waals surface area contributed by atoms with Gasteiger partial charge in [-0.25, -0.2) is 4.79 Å². The van der Waals surface area contributed by atoms with E-state index in [-0.39, 0.29) is 17.4 Å². The van der Waals surface area contributed by atoms with Crippen molar-refractivity contribution in [1.29, 1.82) is 0 Å². The number of aromatic carboxylic acids is 1. The zero-order valence-corrected chi connectivity index (χ0v) is 20.1. The first-order valence-electron chi connectivity index (χ1n) is 11.7. The second-order valence-corrected chi connectivity index (χ2v) is 9.24. The van der Waals surface area contributed by atoms with E-state index in [1.807, 2.05) is 72.4 Å². The highest BCUT2D eigenvalue weighted by Crippen LogP contribution is 2.38. The first-order chi connectivity index (χ1) is 17.3. The van der Waals surface area contributed by atoms with Crippen LogP contribution in [0, 0.1) is 0 Å². The largest absolute Gasteiger partial charge is 0.478 e. The second-order valence-electron chi connectivity index (χ2n) is 9.24. The molecule has 0 saturated carbocycles. The third kappa shape index (κ3) is 4.38. The van der Waals surface area contributed by atoms with E-state index >= 15 is 0 Å². The summed E-state index contributed by atoms with van der Waals surface area (Å²) in [5, 5.41) is 12.2. The minimum absolute atomic E-state index is 0.0555. The molecule has 2 aliphatic rings. The molecule has 0 aromatic heterocycles. The van der Waals surface area contributed by atoms with Crippen LogP contribution in [-0.2, 0) is 16.0 Å². The molecule has 8 heteroatoms. The number of hydrogen-bond donors (Lipinski definition) is 2. The van der Waals surface area contributed by atoms with Crippen molar-refractivity contribution in [3.05, 3.63) is 89.0 Å². The van der Waals surface area contributed by atoms with E-state index in [1.54, 1.807) is 6.07 Å². The molecule has 2 amide bonds. The van der Waals surface area contributed by atoms with Crippen LogP contribution in [0.25, 0.3) is 0 Å². The molecule has 5 rings (SSSR count). The molecule has 0 bridgehead atoms. The van der Waals surface area contributed by atoms with Gasteiger partial charge in [-0.2, -0.15) is 0 Å². The van der Waals surface area contributed by atoms with Crippen molar-refractivity contribution in [1.82, 2.24) is 4.90 Å². The number of hydrogen-bond acceptors (Lipinski definition) is 5. The molecule has 0 radical (unpaired) electrons. The third-order valence-corrected chi connectivity index (χ3v) is 6.44. The van der Waals surface area contributed by atoms with Gasteiger partial charge in [0.1, 0.15) is 5.92 Å². The summed E-state index contributed by atoms with van der Waals surface area (Å²) in [6, 6.07) is 19.9. The Balaban J connectivity index is 1.55. The fourth-order valence-electron chi connectivity index (χ4n) is 4.78. The van der Waals surface area contributed by atoms with Crippen LogP contribution < -0.4 is 10.2 Å². The number of carbonyl (C=O) groups is 3. The maximum atomic E-state index is 13.1. The summed E-state index contributed by atoms with van der Waals surface area (Å²) in [7, 11) is 3.75. The summed E-state index contributed by atoms with van der Waals surface area (Å²) in [5.74, 6) is -1.93. The number of nitrogens with zero attached hydrogens (tertiary/aromatic N) is 3. The van der Waals surface area contributed by atoms with Crippen molar-refractivity contribution < 1.29 is 19.5 Å². The number of amides is 2. The number of aliphatic imine (C=N–C) groups is 1. The van der Waals surface area contributed by atoms with Gasteiger partial charge in [0.2, 0.25) is 11.8 Å². The average molecular weight is 483 g/mol. The number of carboxylic acid groups (broad SMARTS) is 1. The zero-order valence-electron chi connectivity index (χ0n) is 20.1. The minimum Gasteiger partial charge on any atom is -0.478 e. The standard InChI is InChI=1S/C28H26N4O4/c1-31(2)16-24(33)32-13-12-18-14-20(9-11-23(18)32)29-26(17-6-4-3-5-7-17)25-21-10-8-19(28(35)36)15-22(21)30-27(25)34/h3-11,14-15,25H,12-13,16H2,1-2H3,(H,30,34)(H,35,36). The summed E-state index contributed by atoms with van der Waals surface area (Å²) < 4.78 is 0. The van der Waals surface area contributed by atoms with Gasteiger partial charge in [-0.1, -0.05) is 36.4 Å². The Labute approximate surface area is 208 Å². The lowest BCUT2D eigenvalue weighted by Crippen LogP contribution is -2.36. The molecule has 182 valence electrons. The molecule has 2 heterocycles. The molecule has 0 fully saturated rings. The van der Waals surface area contributed by atoms with Crippen molar-refractivity contribution in [3.8, 4) is 0 Å². The van der Waals surface area contributed by atoms with Crippen LogP contribution in [0.1, 0.15) is 33.0 Å². The first kappa shape index (κ1) is 23.4. The lowest BCUT2D eigenvalue weighted by Gasteiger charge is -2.20. The Morgan fingerprint density at radius 2 is 1.83 bits per heavy atom. The zero-order chi connectivity index (χ0) is 25.4. The summed E-state index contributed by atoms with van der Waals surface area (Å²) in [6.45, 7) is 0.975. The predicted molar refractivity (Wildman–Crippen MR) is 138 cm³/mol. The summed E-state index contributed by atoms with van der Waals surface area (Å²) >= 11 is 0. The van der Waals surface area contributed by atoms with Gasteiger partial charge < -0.3 is 20.2 Å². The molecule has 3 aromatic rings. The van der Waals surface area contributed by atoms with Crippen LogP contribution in [0.3, 0.4) is 0 Å². The highest BCUT2D eigenvalue weighted by molar-refractivity contribution is 6.24. The second kappa shape index (κ2) is 9.39. The molecule has 1 unspecified atom stereocenters. The number of fused-ring (bicyclic) bond motifs is 2. The van der Waals surface area contributed by atoms with E-state index in [4.69, 9.17) is 4.99 Å². The topological polar surface area (TPSA) is 102 Å². The minimum atomic E-state index is -1.05. The van der Waals surface area contributed by atoms with Crippen LogP contribution in [0.4, 0.5) is 17.1 Å². The van der Waals surface area contributed by atoms with Crippen molar-refractivity contribution in [3.63, 3.8) is 0 Å². The molecule has 0 aliphatic carbocycles. The number of anilines is 2. The lowest BCUT2D eigenvalue weighted by molar-refractivity contribution is -0.119. The van der Waals surface area contributed by atoms with E-state index in [2.05, 4.69) is 5.32 Å². The molecule has 8 nitrogen and oxygen atoms in total. The monoisotopic (exact) mass is 482 g/mol. The Morgan fingerprint density at radius 3 is 2.56 bits per heavy atom. The van der Waals surface area contributed by atoms with Crippen molar-refractivity contribution >= 4 is 40.6 Å². The molecule has 1 atom stereocenters. The average Bonchev–Trinajstić information content (AvgIpc) is 3.42. The quantitative estimate of drug-likeness (QED) is 0.522. The molecule has 36 heavy (non-hydrogen) atoms. The molecule has 2 aliphatic heterocycles. The normalized spacial score (nSPS) is 16.6. The van der Waals surface area contributed by atoms with Crippen LogP contribution in [0.2, 0.25) is 0 Å². The Bertz CT molecular complexity index is 1400. The molecule has 3 aromatic carbocycles. The van der Waals surface area contributed by atoms with Gasteiger partial charge in [0.05, 0.1) is 23.5 Å². The third-order valence-electron chi connectivity index (χ3n) is 6.44. The number of benzene rings is 3. The van der Waals surface area contributed by atoms with E-state index in [1.165, 1.54) is 12.1 Å². The van der Waals surface area contributed by atoms with Gasteiger partial charge in [-0.05, 0) is 67.5 Å². The maximum absolute atomic E-state index is 13.1. The van der Waals surface area contributed by atoms with Gasteiger partial charge >= 0.3 is 5.97 Å². The van der Waals surface area contributed by atoms with Crippen LogP contribution in [0.5, 0.6) is 0 Å². The summed E-state index contributed by atoms with van der Waals surface area (Å²) in [6.07, 6.45) is 0.739. The van der Waals surface area contributed by atoms with Crippen LogP contribution in [-0.4, -0.2) is 60.7 Å². The summed E-state index contributed by atoms with van der Waals surface area (Å²) in [5.41, 5.74) is 5.29. The van der Waals surface area contributed by atoms with Gasteiger partial charge in [0.25, 0.3) is 0 Å². The molecular formula is C28H26N4O4. The van der Waals surface area contributed by atoms with E-state index in [9.17, 15) is 19.5 Å². The van der Waals surface area contributed by atoms with Gasteiger partial charge in [0.15, 0.2) is 0 Å². The SMILES string of the molecule is CN(C)CC(=O)N1CCc2cc(N=C(c3ccccc3)C3C(=O)Nc4cc(C(=O)O)ccc43)ccc21. The first-order valence-corrected chi connectivity index (χ1v) is 11.7. The predicted octanol–water partition coefficient (Wildman–Crippen LogP) is 3.69. The van der Waals surface area contributed by atoms with Crippen LogP contribution >= 0.6 is 0 Å². The number of carboxylic acids is 1. The van der Waals surface area contributed by atoms with Crippen molar-refractivity contribution in [2.75, 3.05) is 37.4 Å². The van der Waals surface area contributed by atoms with E-state index in [0.29, 0.717) is 35.7 Å². The van der Waals surface area contributed by atoms with E-state index in [0.717, 1.165) is 23.2 Å². The number of rotatable bonds is 6. The Hall–Kier alpha value is -4.30. The smallest absolute Gasteiger partial charge is 0.335 e. The number of nitrogens with one attached hydrogen (secondary N) is 1. The van der Waals surface area contributed by atoms with E-state index < -0.39 is 11.9 Å². The highest BCUT2D eigenvalue weighted by atomic mass is 16.4. The molecule has 2 N–H and O–H groups in total. The van der Waals surface area contributed by atoms with Gasteiger partial charge in [0, 0.05) is 17.9 Å². The maximum Gasteiger partial charge on any atom is 0.335 e.